The maximum absolute atomic E-state index is 13.9. The van der Waals surface area contributed by atoms with Crippen LogP contribution in [0.4, 0.5) is 22.9 Å². The van der Waals surface area contributed by atoms with Crippen molar-refractivity contribution >= 4 is 34.7 Å². The fourth-order valence-electron chi connectivity index (χ4n) is 7.92. The highest BCUT2D eigenvalue weighted by Crippen LogP contribution is 2.48. The molecular weight excluding hydrogens is 556 g/mol. The third-order valence-corrected chi connectivity index (χ3v) is 10.4. The van der Waals surface area contributed by atoms with Gasteiger partial charge in [-0.2, -0.15) is 0 Å². The Morgan fingerprint density at radius 2 is 1.93 bits per heavy atom. The number of aryl methyl sites for hydroxylation is 1. The molecule has 0 bridgehead atoms. The van der Waals surface area contributed by atoms with Crippen LogP contribution in [0, 0.1) is 0 Å². The quantitative estimate of drug-likeness (QED) is 0.481. The number of rotatable bonds is 5. The third-order valence-electron chi connectivity index (χ3n) is 10.4. The number of hydrogen-bond acceptors (Lipinski definition) is 9. The van der Waals surface area contributed by atoms with Crippen molar-refractivity contribution < 1.29 is 14.3 Å². The van der Waals surface area contributed by atoms with Crippen LogP contribution in [0.15, 0.2) is 24.9 Å². The summed E-state index contributed by atoms with van der Waals surface area (Å²) in [5.41, 5.74) is 6.50. The summed E-state index contributed by atoms with van der Waals surface area (Å²) in [5.74, 6) is 1.35. The van der Waals surface area contributed by atoms with Crippen molar-refractivity contribution in [1.82, 2.24) is 19.8 Å². The van der Waals surface area contributed by atoms with Crippen LogP contribution in [0.5, 0.6) is 5.88 Å². The summed E-state index contributed by atoms with van der Waals surface area (Å²) < 4.78 is 6.58. The lowest BCUT2D eigenvalue weighted by molar-refractivity contribution is -0.130. The van der Waals surface area contributed by atoms with Crippen LogP contribution in [0.3, 0.4) is 0 Å². The van der Waals surface area contributed by atoms with Gasteiger partial charge in [-0.05, 0) is 70.3 Å². The Hall–Kier alpha value is -3.86. The van der Waals surface area contributed by atoms with Gasteiger partial charge in [0.2, 0.25) is 11.8 Å². The van der Waals surface area contributed by atoms with Crippen LogP contribution in [0.25, 0.3) is 0 Å². The average molecular weight is 601 g/mol. The maximum atomic E-state index is 13.9. The summed E-state index contributed by atoms with van der Waals surface area (Å²) in [5, 5.41) is 0. The molecule has 11 nitrogen and oxygen atoms in total. The van der Waals surface area contributed by atoms with Gasteiger partial charge in [0.05, 0.1) is 30.2 Å². The van der Waals surface area contributed by atoms with Crippen molar-refractivity contribution in [3.8, 4) is 5.88 Å². The molecule has 234 valence electrons. The Morgan fingerprint density at radius 3 is 2.70 bits per heavy atom. The van der Waals surface area contributed by atoms with E-state index >= 15 is 0 Å². The summed E-state index contributed by atoms with van der Waals surface area (Å²) >= 11 is 0. The monoisotopic (exact) mass is 600 g/mol. The number of ether oxygens (including phenoxy) is 1. The SMILES string of the molecule is C=CC(=O)N1C[C@@H]2C(=O)N(C)c3c(OC[C@@H]4CCCN4C)nc4c(c3N2C[C@H]1C)CCN(c1nccc2c1N(C)CCC2)C4. The van der Waals surface area contributed by atoms with E-state index in [0.29, 0.717) is 38.2 Å². The number of likely N-dealkylation sites (tertiary alicyclic amines) is 1. The smallest absolute Gasteiger partial charge is 0.251 e. The summed E-state index contributed by atoms with van der Waals surface area (Å²) in [6, 6.07) is 1.93. The Kier molecular flexibility index (Phi) is 7.39. The molecule has 2 aromatic heterocycles. The van der Waals surface area contributed by atoms with E-state index in [9.17, 15) is 9.59 Å². The second kappa shape index (κ2) is 11.3. The Bertz CT molecular complexity index is 1500. The van der Waals surface area contributed by atoms with Gasteiger partial charge in [-0.1, -0.05) is 6.58 Å². The molecule has 5 aliphatic heterocycles. The predicted molar refractivity (Wildman–Crippen MR) is 172 cm³/mol. The minimum Gasteiger partial charge on any atom is -0.474 e. The number of carbonyl (C=O) groups excluding carboxylic acids is 2. The first-order chi connectivity index (χ1) is 21.3. The zero-order valence-electron chi connectivity index (χ0n) is 26.5. The number of aromatic nitrogens is 2. The van der Waals surface area contributed by atoms with Gasteiger partial charge < -0.3 is 34.1 Å². The van der Waals surface area contributed by atoms with Gasteiger partial charge in [0.1, 0.15) is 18.3 Å². The number of nitrogens with zero attached hydrogens (tertiary/aromatic N) is 8. The van der Waals surface area contributed by atoms with Crippen molar-refractivity contribution in [3.05, 3.63) is 41.7 Å². The van der Waals surface area contributed by atoms with Crippen molar-refractivity contribution in [2.24, 2.45) is 0 Å². The highest BCUT2D eigenvalue weighted by Gasteiger charge is 2.47. The average Bonchev–Trinajstić information content (AvgIpc) is 3.45. The van der Waals surface area contributed by atoms with E-state index in [4.69, 9.17) is 14.7 Å². The molecule has 0 aliphatic carbocycles. The minimum atomic E-state index is -0.470. The number of carbonyl (C=O) groups is 2. The first kappa shape index (κ1) is 28.9. The Balaban J connectivity index is 1.30. The number of anilines is 4. The molecule has 0 spiro atoms. The van der Waals surface area contributed by atoms with Gasteiger partial charge >= 0.3 is 0 Å². The molecule has 7 heterocycles. The van der Waals surface area contributed by atoms with Crippen LogP contribution in [0.1, 0.15) is 43.0 Å². The second-order valence-electron chi connectivity index (χ2n) is 13.1. The third kappa shape index (κ3) is 4.67. The molecule has 2 aromatic rings. The highest BCUT2D eigenvalue weighted by molar-refractivity contribution is 6.08. The van der Waals surface area contributed by atoms with E-state index < -0.39 is 6.04 Å². The van der Waals surface area contributed by atoms with Crippen molar-refractivity contribution in [2.75, 3.05) is 80.1 Å². The summed E-state index contributed by atoms with van der Waals surface area (Å²) in [4.78, 5) is 49.5. The largest absolute Gasteiger partial charge is 0.474 e. The fraction of sp³-hybridized carbons (Fsp3) is 0.576. The van der Waals surface area contributed by atoms with Gasteiger partial charge in [-0.25, -0.2) is 9.97 Å². The molecule has 2 fully saturated rings. The molecule has 5 aliphatic rings. The van der Waals surface area contributed by atoms with Crippen molar-refractivity contribution in [2.45, 2.75) is 63.7 Å². The number of amides is 2. The van der Waals surface area contributed by atoms with Crippen molar-refractivity contribution in [3.63, 3.8) is 0 Å². The van der Waals surface area contributed by atoms with Crippen LogP contribution >= 0.6 is 0 Å². The fourth-order valence-corrected chi connectivity index (χ4v) is 7.92. The molecule has 0 saturated carbocycles. The highest BCUT2D eigenvalue weighted by atomic mass is 16.5. The topological polar surface area (TPSA) is 88.6 Å². The molecule has 3 atom stereocenters. The van der Waals surface area contributed by atoms with Gasteiger partial charge in [0.25, 0.3) is 5.91 Å². The number of likely N-dealkylation sites (N-methyl/N-ethyl adjacent to an activating group) is 2. The molecule has 0 radical (unpaired) electrons. The maximum Gasteiger partial charge on any atom is 0.251 e. The Morgan fingerprint density at radius 1 is 1.09 bits per heavy atom. The molecular formula is C33H44N8O3. The van der Waals surface area contributed by atoms with E-state index in [1.54, 1.807) is 9.80 Å². The zero-order chi connectivity index (χ0) is 30.7. The Labute approximate surface area is 260 Å². The molecule has 2 amide bonds. The van der Waals surface area contributed by atoms with Gasteiger partial charge in [-0.15, -0.1) is 0 Å². The van der Waals surface area contributed by atoms with Gasteiger partial charge in [-0.3, -0.25) is 9.59 Å². The summed E-state index contributed by atoms with van der Waals surface area (Å²) in [7, 11) is 6.13. The second-order valence-corrected chi connectivity index (χ2v) is 13.1. The molecule has 0 aromatic carbocycles. The van der Waals surface area contributed by atoms with Crippen LogP contribution in [-0.4, -0.2) is 110 Å². The van der Waals surface area contributed by atoms with E-state index in [-0.39, 0.29) is 17.9 Å². The lowest BCUT2D eigenvalue weighted by Gasteiger charge is -2.51. The van der Waals surface area contributed by atoms with Gasteiger partial charge in [0.15, 0.2) is 5.82 Å². The predicted octanol–water partition coefficient (Wildman–Crippen LogP) is 2.46. The molecule has 2 saturated heterocycles. The first-order valence-corrected chi connectivity index (χ1v) is 16.1. The van der Waals surface area contributed by atoms with Crippen molar-refractivity contribution in [1.29, 1.82) is 0 Å². The van der Waals surface area contributed by atoms with Crippen LogP contribution in [-0.2, 0) is 29.0 Å². The van der Waals surface area contributed by atoms with Crippen LogP contribution in [0.2, 0.25) is 0 Å². The van der Waals surface area contributed by atoms with E-state index in [0.717, 1.165) is 74.6 Å². The number of hydrogen-bond donors (Lipinski definition) is 0. The minimum absolute atomic E-state index is 0.0450. The summed E-state index contributed by atoms with van der Waals surface area (Å²) in [6.07, 6.45) is 8.52. The first-order valence-electron chi connectivity index (χ1n) is 16.1. The standard InChI is InChI=1S/C33H44N8O3/c1-6-27(42)40-19-26-33(43)38(5)30-29(41(26)17-21(40)2)24-12-16-39(31-28-22(11-13-34-31)9-7-15-37(28)4)18-25(24)35-32(30)44-20-23-10-8-14-36(23)3/h6,11,13,21,23,26H,1,7-10,12,14-20H2,2-5H3/t21-,23+,26-/m1/s1. The lowest BCUT2D eigenvalue weighted by Crippen LogP contribution is -2.65. The molecule has 7 rings (SSSR count). The molecule has 0 unspecified atom stereocenters. The van der Waals surface area contributed by atoms with Gasteiger partial charge in [0, 0.05) is 57.6 Å². The van der Waals surface area contributed by atoms with Crippen LogP contribution < -0.4 is 24.3 Å². The molecule has 44 heavy (non-hydrogen) atoms. The van der Waals surface area contributed by atoms with E-state index in [2.05, 4.69) is 46.3 Å². The normalized spacial score (nSPS) is 25.0. The molecule has 11 heteroatoms. The molecule has 0 N–H and O–H groups in total. The lowest BCUT2D eigenvalue weighted by atomic mass is 9.94. The van der Waals surface area contributed by atoms with E-state index in [1.165, 1.54) is 22.9 Å². The zero-order valence-corrected chi connectivity index (χ0v) is 26.5. The number of pyridine rings is 2. The van der Waals surface area contributed by atoms with E-state index in [1.807, 2.05) is 20.2 Å². The number of piperazine rings is 1. The number of fused-ring (bicyclic) bond motifs is 6. The summed E-state index contributed by atoms with van der Waals surface area (Å²) in [6.45, 7) is 10.7.